The van der Waals surface area contributed by atoms with Gasteiger partial charge in [-0.25, -0.2) is 0 Å². The monoisotopic (exact) mass is 310 g/mol. The zero-order valence-electron chi connectivity index (χ0n) is 12.8. The second-order valence-corrected chi connectivity index (χ2v) is 5.21. The third kappa shape index (κ3) is 3.60. The van der Waals surface area contributed by atoms with Crippen LogP contribution in [0.25, 0.3) is 11.3 Å². The van der Waals surface area contributed by atoms with Gasteiger partial charge in [0.15, 0.2) is 0 Å². The Morgan fingerprint density at radius 3 is 2.35 bits per heavy atom. The standard InChI is InChI=1S/C15H18N8/c1-2-7-23-9-12(21-22-23)11-5-3-10(4-6-11)8-13-18-14(16)20-15(17)19-13/h3-6,9H,2,7-8H2,1H3,(H4,16,17,18,19,20). The van der Waals surface area contributed by atoms with E-state index in [0.717, 1.165) is 29.8 Å². The predicted molar refractivity (Wildman–Crippen MR) is 87.2 cm³/mol. The van der Waals surface area contributed by atoms with E-state index in [0.29, 0.717) is 12.2 Å². The molecule has 118 valence electrons. The smallest absolute Gasteiger partial charge is 0.225 e. The highest BCUT2D eigenvalue weighted by Gasteiger charge is 2.06. The highest BCUT2D eigenvalue weighted by molar-refractivity contribution is 5.58. The van der Waals surface area contributed by atoms with Gasteiger partial charge in [0.05, 0.1) is 6.20 Å². The van der Waals surface area contributed by atoms with Crippen molar-refractivity contribution in [3.8, 4) is 11.3 Å². The average molecular weight is 310 g/mol. The lowest BCUT2D eigenvalue weighted by Gasteiger charge is -2.03. The maximum Gasteiger partial charge on any atom is 0.225 e. The molecule has 0 aliphatic heterocycles. The van der Waals surface area contributed by atoms with Crippen LogP contribution in [0.2, 0.25) is 0 Å². The van der Waals surface area contributed by atoms with Crippen LogP contribution in [0.5, 0.6) is 0 Å². The molecule has 8 heteroatoms. The Balaban J connectivity index is 1.76. The van der Waals surface area contributed by atoms with Crippen LogP contribution in [-0.4, -0.2) is 29.9 Å². The van der Waals surface area contributed by atoms with E-state index in [2.05, 4.69) is 32.2 Å². The maximum atomic E-state index is 5.58. The molecule has 0 radical (unpaired) electrons. The molecule has 0 aliphatic rings. The molecule has 2 aromatic heterocycles. The summed E-state index contributed by atoms with van der Waals surface area (Å²) in [6.07, 6.45) is 3.52. The number of aromatic nitrogens is 6. The predicted octanol–water partition coefficient (Wildman–Crippen LogP) is 1.30. The first-order chi connectivity index (χ1) is 11.1. The van der Waals surface area contributed by atoms with Crippen molar-refractivity contribution in [2.45, 2.75) is 26.3 Å². The molecule has 0 amide bonds. The van der Waals surface area contributed by atoms with E-state index >= 15 is 0 Å². The molecular formula is C15H18N8. The third-order valence-corrected chi connectivity index (χ3v) is 3.32. The zero-order valence-corrected chi connectivity index (χ0v) is 12.8. The zero-order chi connectivity index (χ0) is 16.2. The van der Waals surface area contributed by atoms with E-state index in [1.165, 1.54) is 0 Å². The first-order valence-electron chi connectivity index (χ1n) is 7.39. The number of nitrogens with zero attached hydrogens (tertiary/aromatic N) is 6. The number of nitrogen functional groups attached to an aromatic ring is 2. The summed E-state index contributed by atoms with van der Waals surface area (Å²) < 4.78 is 1.85. The summed E-state index contributed by atoms with van der Waals surface area (Å²) in [6, 6.07) is 8.02. The Kier molecular flexibility index (Phi) is 4.13. The van der Waals surface area contributed by atoms with E-state index in [4.69, 9.17) is 11.5 Å². The van der Waals surface area contributed by atoms with E-state index in [1.807, 2.05) is 35.1 Å². The largest absolute Gasteiger partial charge is 0.368 e. The van der Waals surface area contributed by atoms with Gasteiger partial charge in [-0.05, 0) is 12.0 Å². The van der Waals surface area contributed by atoms with Gasteiger partial charge in [-0.1, -0.05) is 36.4 Å². The fourth-order valence-corrected chi connectivity index (χ4v) is 2.28. The Morgan fingerprint density at radius 1 is 1.00 bits per heavy atom. The molecule has 8 nitrogen and oxygen atoms in total. The molecular weight excluding hydrogens is 292 g/mol. The van der Waals surface area contributed by atoms with Crippen molar-refractivity contribution in [2.75, 3.05) is 11.5 Å². The molecule has 23 heavy (non-hydrogen) atoms. The van der Waals surface area contributed by atoms with E-state index < -0.39 is 0 Å². The third-order valence-electron chi connectivity index (χ3n) is 3.32. The van der Waals surface area contributed by atoms with Crippen molar-refractivity contribution in [3.05, 3.63) is 41.9 Å². The van der Waals surface area contributed by atoms with Crippen molar-refractivity contribution in [1.82, 2.24) is 29.9 Å². The van der Waals surface area contributed by atoms with E-state index in [9.17, 15) is 0 Å². The molecule has 0 fully saturated rings. The highest BCUT2D eigenvalue weighted by atomic mass is 15.4. The van der Waals surface area contributed by atoms with Crippen LogP contribution in [0.3, 0.4) is 0 Å². The number of hydrogen-bond acceptors (Lipinski definition) is 7. The summed E-state index contributed by atoms with van der Waals surface area (Å²) in [7, 11) is 0. The van der Waals surface area contributed by atoms with Gasteiger partial charge in [0.1, 0.15) is 11.5 Å². The van der Waals surface area contributed by atoms with Crippen molar-refractivity contribution >= 4 is 11.9 Å². The van der Waals surface area contributed by atoms with Crippen molar-refractivity contribution < 1.29 is 0 Å². The SMILES string of the molecule is CCCn1cc(-c2ccc(Cc3nc(N)nc(N)n3)cc2)nn1. The molecule has 0 saturated carbocycles. The van der Waals surface area contributed by atoms with Gasteiger partial charge in [0, 0.05) is 18.5 Å². The lowest BCUT2D eigenvalue weighted by molar-refractivity contribution is 0.579. The van der Waals surface area contributed by atoms with Crippen LogP contribution >= 0.6 is 0 Å². The molecule has 0 bridgehead atoms. The fourth-order valence-electron chi connectivity index (χ4n) is 2.28. The summed E-state index contributed by atoms with van der Waals surface area (Å²) >= 11 is 0. The second kappa shape index (κ2) is 6.39. The van der Waals surface area contributed by atoms with Crippen molar-refractivity contribution in [2.24, 2.45) is 0 Å². The summed E-state index contributed by atoms with van der Waals surface area (Å²) in [5, 5.41) is 8.29. The minimum atomic E-state index is 0.136. The summed E-state index contributed by atoms with van der Waals surface area (Å²) in [4.78, 5) is 11.9. The van der Waals surface area contributed by atoms with Gasteiger partial charge in [-0.15, -0.1) is 5.10 Å². The van der Waals surface area contributed by atoms with E-state index in [-0.39, 0.29) is 11.9 Å². The summed E-state index contributed by atoms with van der Waals surface area (Å²) in [6.45, 7) is 2.98. The average Bonchev–Trinajstić information content (AvgIpc) is 2.96. The lowest BCUT2D eigenvalue weighted by Crippen LogP contribution is -2.07. The fraction of sp³-hybridized carbons (Fsp3) is 0.267. The van der Waals surface area contributed by atoms with Crippen LogP contribution in [0.4, 0.5) is 11.9 Å². The second-order valence-electron chi connectivity index (χ2n) is 5.21. The van der Waals surface area contributed by atoms with Gasteiger partial charge in [-0.2, -0.15) is 15.0 Å². The van der Waals surface area contributed by atoms with Crippen molar-refractivity contribution in [3.63, 3.8) is 0 Å². The molecule has 0 spiro atoms. The molecule has 3 aromatic rings. The lowest BCUT2D eigenvalue weighted by atomic mass is 10.1. The van der Waals surface area contributed by atoms with Gasteiger partial charge >= 0.3 is 0 Å². The van der Waals surface area contributed by atoms with Crippen LogP contribution < -0.4 is 11.5 Å². The summed E-state index contributed by atoms with van der Waals surface area (Å²) in [5.41, 5.74) is 14.1. The van der Waals surface area contributed by atoms with Crippen molar-refractivity contribution in [1.29, 1.82) is 0 Å². The highest BCUT2D eigenvalue weighted by Crippen LogP contribution is 2.18. The molecule has 2 heterocycles. The summed E-state index contributed by atoms with van der Waals surface area (Å²) in [5.74, 6) is 0.824. The number of nitrogens with two attached hydrogens (primary N) is 2. The molecule has 0 unspecified atom stereocenters. The number of hydrogen-bond donors (Lipinski definition) is 2. The molecule has 1 aromatic carbocycles. The topological polar surface area (TPSA) is 121 Å². The normalized spacial score (nSPS) is 10.8. The van der Waals surface area contributed by atoms with Gasteiger partial charge in [0.25, 0.3) is 0 Å². The molecule has 4 N–H and O–H groups in total. The number of benzene rings is 1. The van der Waals surface area contributed by atoms with Crippen LogP contribution in [0.1, 0.15) is 24.7 Å². The molecule has 0 aliphatic carbocycles. The van der Waals surface area contributed by atoms with Crippen LogP contribution in [0.15, 0.2) is 30.5 Å². The maximum absolute atomic E-state index is 5.58. The Hall–Kier alpha value is -3.03. The molecule has 3 rings (SSSR count). The Bertz CT molecular complexity index is 773. The minimum Gasteiger partial charge on any atom is -0.368 e. The van der Waals surface area contributed by atoms with Crippen LogP contribution in [0, 0.1) is 0 Å². The first kappa shape index (κ1) is 14.9. The molecule has 0 saturated heterocycles. The van der Waals surface area contributed by atoms with Gasteiger partial charge in [0.2, 0.25) is 11.9 Å². The van der Waals surface area contributed by atoms with Crippen LogP contribution in [-0.2, 0) is 13.0 Å². The van der Waals surface area contributed by atoms with Gasteiger partial charge < -0.3 is 11.5 Å². The quantitative estimate of drug-likeness (QED) is 0.728. The molecule has 0 atom stereocenters. The number of rotatable bonds is 5. The Labute approximate surface area is 133 Å². The van der Waals surface area contributed by atoms with Gasteiger partial charge in [-0.3, -0.25) is 4.68 Å². The minimum absolute atomic E-state index is 0.136. The number of aryl methyl sites for hydroxylation is 1. The Morgan fingerprint density at radius 2 is 1.70 bits per heavy atom. The number of anilines is 2. The van der Waals surface area contributed by atoms with E-state index in [1.54, 1.807) is 0 Å². The first-order valence-corrected chi connectivity index (χ1v) is 7.39.